The van der Waals surface area contributed by atoms with Crippen molar-refractivity contribution in [3.63, 3.8) is 0 Å². The maximum Gasteiger partial charge on any atom is 0.126 e. The van der Waals surface area contributed by atoms with Gasteiger partial charge in [0.15, 0.2) is 0 Å². The van der Waals surface area contributed by atoms with Crippen molar-refractivity contribution in [1.82, 2.24) is 0 Å². The molecule has 0 unspecified atom stereocenters. The Morgan fingerprint density at radius 3 is 2.89 bits per heavy atom. The molecule has 50 valence electrons. The fourth-order valence-electron chi connectivity index (χ4n) is 0.837. The van der Waals surface area contributed by atoms with E-state index in [4.69, 9.17) is 4.42 Å². The van der Waals surface area contributed by atoms with Gasteiger partial charge in [-0.05, 0) is 6.07 Å². The molecule has 1 aromatic rings. The van der Waals surface area contributed by atoms with Crippen molar-refractivity contribution < 1.29 is 4.42 Å². The van der Waals surface area contributed by atoms with Gasteiger partial charge in [0.2, 0.25) is 0 Å². The Bertz CT molecular complexity index is 162. The fraction of sp³-hybridized carbons (Fsp3) is 0.429. The Morgan fingerprint density at radius 2 is 2.44 bits per heavy atom. The number of anilines is 1. The highest BCUT2D eigenvalue weighted by Gasteiger charge is 1.98. The van der Waals surface area contributed by atoms with Crippen molar-refractivity contribution >= 4 is 5.69 Å². The van der Waals surface area contributed by atoms with Crippen molar-refractivity contribution in [3.8, 4) is 0 Å². The van der Waals surface area contributed by atoms with E-state index in [1.165, 1.54) is 0 Å². The summed E-state index contributed by atoms with van der Waals surface area (Å²) in [7, 11) is 1.89. The fourth-order valence-corrected chi connectivity index (χ4v) is 0.837. The molecule has 1 heterocycles. The molecule has 0 saturated carbocycles. The Morgan fingerprint density at radius 1 is 1.67 bits per heavy atom. The molecule has 0 aliphatic rings. The van der Waals surface area contributed by atoms with Crippen LogP contribution in [0.15, 0.2) is 16.7 Å². The average Bonchev–Trinajstić information content (AvgIpc) is 2.33. The quantitative estimate of drug-likeness (QED) is 0.652. The second-order valence-corrected chi connectivity index (χ2v) is 1.86. The van der Waals surface area contributed by atoms with Gasteiger partial charge in [-0.3, -0.25) is 0 Å². The molecule has 0 fully saturated rings. The van der Waals surface area contributed by atoms with Crippen LogP contribution in [-0.4, -0.2) is 7.05 Å². The monoisotopic (exact) mass is 125 g/mol. The summed E-state index contributed by atoms with van der Waals surface area (Å²) in [4.78, 5) is 0. The molecule has 0 aliphatic heterocycles. The van der Waals surface area contributed by atoms with Crippen LogP contribution >= 0.6 is 0 Å². The van der Waals surface area contributed by atoms with E-state index in [9.17, 15) is 0 Å². The number of furan rings is 1. The Labute approximate surface area is 54.9 Å². The Hall–Kier alpha value is -0.920. The van der Waals surface area contributed by atoms with Crippen LogP contribution in [-0.2, 0) is 6.42 Å². The van der Waals surface area contributed by atoms with Crippen LogP contribution in [0.4, 0.5) is 5.69 Å². The van der Waals surface area contributed by atoms with Gasteiger partial charge in [-0.15, -0.1) is 0 Å². The molecule has 2 nitrogen and oxygen atoms in total. The lowest BCUT2D eigenvalue weighted by Crippen LogP contribution is -1.88. The van der Waals surface area contributed by atoms with Crippen LogP contribution in [0.3, 0.4) is 0 Å². The van der Waals surface area contributed by atoms with Gasteiger partial charge >= 0.3 is 0 Å². The first-order valence-electron chi connectivity index (χ1n) is 3.12. The lowest BCUT2D eigenvalue weighted by molar-refractivity contribution is 0.517. The first kappa shape index (κ1) is 6.20. The van der Waals surface area contributed by atoms with Gasteiger partial charge in [0.1, 0.15) is 5.76 Å². The molecule has 9 heavy (non-hydrogen) atoms. The van der Waals surface area contributed by atoms with E-state index in [1.54, 1.807) is 6.26 Å². The zero-order chi connectivity index (χ0) is 6.69. The summed E-state index contributed by atoms with van der Waals surface area (Å²) in [6, 6.07) is 1.93. The van der Waals surface area contributed by atoms with E-state index < -0.39 is 0 Å². The Kier molecular flexibility index (Phi) is 1.78. The van der Waals surface area contributed by atoms with E-state index in [1.807, 2.05) is 13.1 Å². The van der Waals surface area contributed by atoms with Crippen molar-refractivity contribution in [2.45, 2.75) is 13.3 Å². The van der Waals surface area contributed by atoms with Gasteiger partial charge in [-0.25, -0.2) is 0 Å². The minimum Gasteiger partial charge on any atom is -0.467 e. The van der Waals surface area contributed by atoms with Crippen LogP contribution in [0, 0.1) is 0 Å². The molecule has 1 N–H and O–H groups in total. The topological polar surface area (TPSA) is 25.2 Å². The summed E-state index contributed by atoms with van der Waals surface area (Å²) >= 11 is 0. The minimum absolute atomic E-state index is 0.948. The highest BCUT2D eigenvalue weighted by Crippen LogP contribution is 2.15. The normalized spacial score (nSPS) is 9.56. The van der Waals surface area contributed by atoms with E-state index in [-0.39, 0.29) is 0 Å². The summed E-state index contributed by atoms with van der Waals surface area (Å²) in [5.41, 5.74) is 1.09. The molecule has 0 bridgehead atoms. The van der Waals surface area contributed by atoms with E-state index in [0.29, 0.717) is 0 Å². The highest BCUT2D eigenvalue weighted by atomic mass is 16.3. The molecule has 0 aliphatic carbocycles. The number of nitrogens with one attached hydrogen (secondary N) is 1. The van der Waals surface area contributed by atoms with Gasteiger partial charge < -0.3 is 9.73 Å². The number of rotatable bonds is 2. The van der Waals surface area contributed by atoms with Gasteiger partial charge in [0.25, 0.3) is 0 Å². The smallest absolute Gasteiger partial charge is 0.126 e. The lowest BCUT2D eigenvalue weighted by atomic mass is 10.3. The summed E-state index contributed by atoms with van der Waals surface area (Å²) < 4.78 is 5.14. The molecule has 0 radical (unpaired) electrons. The third kappa shape index (κ3) is 1.07. The predicted octanol–water partition coefficient (Wildman–Crippen LogP) is 1.88. The Balaban J connectivity index is 2.85. The van der Waals surface area contributed by atoms with Crippen LogP contribution in [0.25, 0.3) is 0 Å². The minimum atomic E-state index is 0.948. The highest BCUT2D eigenvalue weighted by molar-refractivity contribution is 5.45. The van der Waals surface area contributed by atoms with Crippen molar-refractivity contribution in [2.75, 3.05) is 12.4 Å². The SMILES string of the molecule is CCc1occc1NC. The van der Waals surface area contributed by atoms with E-state index >= 15 is 0 Å². The number of aryl methyl sites for hydroxylation is 1. The zero-order valence-corrected chi connectivity index (χ0v) is 5.77. The standard InChI is InChI=1S/C7H11NO/c1-3-7-6(8-2)4-5-9-7/h4-5,8H,3H2,1-2H3. The van der Waals surface area contributed by atoms with E-state index in [2.05, 4.69) is 12.2 Å². The van der Waals surface area contributed by atoms with Crippen LogP contribution < -0.4 is 5.32 Å². The van der Waals surface area contributed by atoms with Crippen LogP contribution in [0.5, 0.6) is 0 Å². The van der Waals surface area contributed by atoms with Gasteiger partial charge in [0.05, 0.1) is 12.0 Å². The first-order valence-corrected chi connectivity index (χ1v) is 3.12. The first-order chi connectivity index (χ1) is 4.38. The van der Waals surface area contributed by atoms with Crippen molar-refractivity contribution in [1.29, 1.82) is 0 Å². The summed E-state index contributed by atoms with van der Waals surface area (Å²) in [6.45, 7) is 2.07. The molecule has 1 aromatic heterocycles. The maximum atomic E-state index is 5.14. The molecule has 0 atom stereocenters. The molecule has 2 heteroatoms. The molecule has 0 saturated heterocycles. The number of hydrogen-bond donors (Lipinski definition) is 1. The second-order valence-electron chi connectivity index (χ2n) is 1.86. The third-order valence-corrected chi connectivity index (χ3v) is 1.34. The number of hydrogen-bond acceptors (Lipinski definition) is 2. The second kappa shape index (κ2) is 2.58. The molecule has 0 aromatic carbocycles. The van der Waals surface area contributed by atoms with E-state index in [0.717, 1.165) is 17.9 Å². The van der Waals surface area contributed by atoms with Gasteiger partial charge in [-0.2, -0.15) is 0 Å². The van der Waals surface area contributed by atoms with Crippen molar-refractivity contribution in [2.24, 2.45) is 0 Å². The zero-order valence-electron chi connectivity index (χ0n) is 5.77. The summed E-state index contributed by atoms with van der Waals surface area (Å²) in [5.74, 6) is 1.03. The molecule has 0 spiro atoms. The molecule has 0 amide bonds. The summed E-state index contributed by atoms with van der Waals surface area (Å²) in [6.07, 6.45) is 2.65. The third-order valence-electron chi connectivity index (χ3n) is 1.34. The van der Waals surface area contributed by atoms with Gasteiger partial charge in [0, 0.05) is 13.5 Å². The molecular formula is C7H11NO. The summed E-state index contributed by atoms with van der Waals surface area (Å²) in [5, 5.41) is 3.03. The average molecular weight is 125 g/mol. The largest absolute Gasteiger partial charge is 0.467 e. The molecular weight excluding hydrogens is 114 g/mol. The predicted molar refractivity (Wildman–Crippen MR) is 37.6 cm³/mol. The lowest BCUT2D eigenvalue weighted by Gasteiger charge is -1.95. The maximum absolute atomic E-state index is 5.14. The van der Waals surface area contributed by atoms with Crippen LogP contribution in [0.1, 0.15) is 12.7 Å². The van der Waals surface area contributed by atoms with Crippen LogP contribution in [0.2, 0.25) is 0 Å². The van der Waals surface area contributed by atoms with Crippen molar-refractivity contribution in [3.05, 3.63) is 18.1 Å². The molecule has 1 rings (SSSR count). The van der Waals surface area contributed by atoms with Gasteiger partial charge in [-0.1, -0.05) is 6.92 Å².